The van der Waals surface area contributed by atoms with Gasteiger partial charge in [0, 0.05) is 25.7 Å². The molecule has 0 radical (unpaired) electrons. The van der Waals surface area contributed by atoms with Gasteiger partial charge in [-0.2, -0.15) is 9.10 Å². The third kappa shape index (κ3) is 10.1. The number of carboxylic acid groups (broad SMARTS) is 1. The number of methoxy groups -OCH3 is 3. The number of rotatable bonds is 16. The van der Waals surface area contributed by atoms with Crippen LogP contribution in [0, 0.1) is 5.41 Å². The maximum Gasteiger partial charge on any atom is 0.407 e. The van der Waals surface area contributed by atoms with Gasteiger partial charge in [-0.15, -0.1) is 10.2 Å². The van der Waals surface area contributed by atoms with Gasteiger partial charge in [0.25, 0.3) is 0 Å². The number of nitrogens with zero attached hydrogens (tertiary/aromatic N) is 6. The highest BCUT2D eigenvalue weighted by atomic mass is 32.2. The number of tetrazole rings is 1. The summed E-state index contributed by atoms with van der Waals surface area (Å²) in [6.07, 6.45) is -1.07. The van der Waals surface area contributed by atoms with Crippen LogP contribution in [0.3, 0.4) is 0 Å². The van der Waals surface area contributed by atoms with E-state index in [9.17, 15) is 9.90 Å². The molecule has 0 bridgehead atoms. The van der Waals surface area contributed by atoms with Crippen LogP contribution in [0.1, 0.15) is 43.9 Å². The molecule has 1 fully saturated rings. The summed E-state index contributed by atoms with van der Waals surface area (Å²) in [6.45, 7) is 5.18. The normalized spacial score (nSPS) is 15.5. The molecule has 66 heavy (non-hydrogen) atoms. The number of nitrogens with two attached hydrogens (primary N) is 2. The average molecular weight is 940 g/mol. The first kappa shape index (κ1) is 47.2. The Morgan fingerprint density at radius 3 is 1.83 bits per heavy atom. The monoisotopic (exact) mass is 939 g/mol. The summed E-state index contributed by atoms with van der Waals surface area (Å²) in [7, 11) is -5.21. The third-order valence-electron chi connectivity index (χ3n) is 11.4. The number of nitrogens with one attached hydrogen (secondary N) is 1. The number of sulfonamides is 2. The fraction of sp³-hybridized carbons (Fsp3) is 0.304. The number of aromatic nitrogens is 4. The van der Waals surface area contributed by atoms with Crippen LogP contribution in [0.5, 0.6) is 17.2 Å². The van der Waals surface area contributed by atoms with Gasteiger partial charge in [-0.25, -0.2) is 26.4 Å². The molecule has 18 nitrogen and oxygen atoms in total. The maximum atomic E-state index is 16.1. The molecule has 2 unspecified atom stereocenters. The van der Waals surface area contributed by atoms with Crippen molar-refractivity contribution in [2.45, 2.75) is 68.7 Å². The van der Waals surface area contributed by atoms with Crippen LogP contribution in [0.2, 0.25) is 0 Å². The lowest BCUT2D eigenvalue weighted by Crippen LogP contribution is -2.52. The van der Waals surface area contributed by atoms with Crippen molar-refractivity contribution in [3.8, 4) is 39.8 Å². The van der Waals surface area contributed by atoms with Gasteiger partial charge in [0.15, 0.2) is 0 Å². The number of nitrogen functional groups attached to an aromatic ring is 2. The number of hydrogen-bond donors (Lipinski definition) is 4. The van der Waals surface area contributed by atoms with Crippen molar-refractivity contribution in [2.24, 2.45) is 5.41 Å². The van der Waals surface area contributed by atoms with Gasteiger partial charge in [0.1, 0.15) is 27.0 Å². The first-order chi connectivity index (χ1) is 31.3. The minimum atomic E-state index is -4.97. The van der Waals surface area contributed by atoms with Gasteiger partial charge < -0.3 is 35.7 Å². The van der Waals surface area contributed by atoms with Gasteiger partial charge in [0.2, 0.25) is 25.9 Å². The van der Waals surface area contributed by atoms with Crippen molar-refractivity contribution in [3.63, 3.8) is 0 Å². The Bertz CT molecular complexity index is 2870. The number of carbonyl (C=O) groups is 1. The third-order valence-corrected chi connectivity index (χ3v) is 15.0. The molecule has 1 aliphatic rings. The van der Waals surface area contributed by atoms with Crippen molar-refractivity contribution in [1.29, 1.82) is 0 Å². The fourth-order valence-corrected chi connectivity index (χ4v) is 11.9. The largest absolute Gasteiger partial charge is 0.497 e. The highest BCUT2D eigenvalue weighted by Crippen LogP contribution is 2.43. The number of anilines is 2. The van der Waals surface area contributed by atoms with Crippen LogP contribution >= 0.6 is 0 Å². The van der Waals surface area contributed by atoms with E-state index in [1.807, 2.05) is 32.9 Å². The lowest BCUT2D eigenvalue weighted by Gasteiger charge is -2.37. The first-order valence-electron chi connectivity index (χ1n) is 20.8. The minimum Gasteiger partial charge on any atom is -0.497 e. The van der Waals surface area contributed by atoms with E-state index in [-0.39, 0.29) is 60.9 Å². The van der Waals surface area contributed by atoms with Crippen molar-refractivity contribution in [3.05, 3.63) is 120 Å². The second-order valence-electron chi connectivity index (χ2n) is 16.9. The number of benzene rings is 5. The zero-order valence-corrected chi connectivity index (χ0v) is 39.0. The quantitative estimate of drug-likeness (QED) is 0.0804. The van der Waals surface area contributed by atoms with E-state index in [4.69, 9.17) is 30.8 Å². The first-order valence-corrected chi connectivity index (χ1v) is 23.8. The lowest BCUT2D eigenvalue weighted by molar-refractivity contribution is 0.0999. The molecule has 2 heterocycles. The van der Waals surface area contributed by atoms with E-state index in [1.54, 1.807) is 86.0 Å². The Kier molecular flexibility index (Phi) is 13.6. The highest BCUT2D eigenvalue weighted by Gasteiger charge is 2.47. The summed E-state index contributed by atoms with van der Waals surface area (Å²) < 4.78 is 82.6. The zero-order valence-electron chi connectivity index (χ0n) is 37.4. The average Bonchev–Trinajstić information content (AvgIpc) is 3.95. The molecule has 20 heteroatoms. The smallest absolute Gasteiger partial charge is 0.407 e. The van der Waals surface area contributed by atoms with E-state index in [2.05, 4.69) is 15.0 Å². The molecule has 0 saturated carbocycles. The molecule has 5 aromatic carbocycles. The van der Waals surface area contributed by atoms with Crippen LogP contribution in [0.25, 0.3) is 22.5 Å². The van der Waals surface area contributed by atoms with Crippen LogP contribution in [-0.2, 0) is 39.7 Å². The fourth-order valence-electron chi connectivity index (χ4n) is 8.23. The van der Waals surface area contributed by atoms with Crippen LogP contribution in [-0.4, -0.2) is 97.4 Å². The molecular weight excluding hydrogens is 887 g/mol. The van der Waals surface area contributed by atoms with E-state index >= 15 is 16.8 Å². The topological polar surface area (TPSA) is 247 Å². The van der Waals surface area contributed by atoms with Crippen LogP contribution in [0.15, 0.2) is 113 Å². The van der Waals surface area contributed by atoms with E-state index in [0.717, 1.165) is 5.56 Å². The molecule has 7 rings (SSSR count). The summed E-state index contributed by atoms with van der Waals surface area (Å²) in [6, 6.07) is 26.5. The summed E-state index contributed by atoms with van der Waals surface area (Å²) in [5.41, 5.74) is 14.5. The standard InChI is InChI=1S/C46H53N9O9S2/c1-46(2,3)43-39(23-24-54(43)45(56)57)51-65(58,59)40-22-20-36(32-13-21-37(47)38(48)25-32)41(44-49-52-55(50-44)28-31-11-18-35(64-6)19-12-31)42(40)66(60,61)53(26-29-7-14-33(62-4)15-8-29)27-30-9-16-34(63-5)17-10-30/h7-22,25,39,43,51H,23-24,26-28,47-48H2,1-6H3,(H,56,57). The summed E-state index contributed by atoms with van der Waals surface area (Å²) in [4.78, 5) is 13.7. The van der Waals surface area contributed by atoms with E-state index in [1.165, 1.54) is 40.4 Å². The number of likely N-dealkylation sites (tertiary alicyclic amines) is 1. The lowest BCUT2D eigenvalue weighted by atomic mass is 9.83. The Hall–Kier alpha value is -6.74. The van der Waals surface area contributed by atoms with Crippen molar-refractivity contribution >= 4 is 37.5 Å². The van der Waals surface area contributed by atoms with Gasteiger partial charge in [-0.3, -0.25) is 0 Å². The zero-order chi connectivity index (χ0) is 47.6. The van der Waals surface area contributed by atoms with Crippen molar-refractivity contribution in [2.75, 3.05) is 39.3 Å². The summed E-state index contributed by atoms with van der Waals surface area (Å²) in [5.74, 6) is 1.53. The van der Waals surface area contributed by atoms with Crippen LogP contribution < -0.4 is 30.4 Å². The Labute approximate surface area is 384 Å². The van der Waals surface area contributed by atoms with Gasteiger partial charge in [0.05, 0.1) is 50.9 Å². The maximum absolute atomic E-state index is 16.1. The number of amides is 1. The second-order valence-corrected chi connectivity index (χ2v) is 20.5. The van der Waals surface area contributed by atoms with Gasteiger partial charge in [-0.1, -0.05) is 69.3 Å². The van der Waals surface area contributed by atoms with E-state index < -0.39 is 53.4 Å². The highest BCUT2D eigenvalue weighted by molar-refractivity contribution is 7.92. The molecular formula is C46H53N9O9S2. The molecule has 1 aromatic heterocycles. The Morgan fingerprint density at radius 2 is 1.33 bits per heavy atom. The molecule has 2 atom stereocenters. The predicted octanol–water partition coefficient (Wildman–Crippen LogP) is 6.08. The molecule has 1 aliphatic heterocycles. The van der Waals surface area contributed by atoms with E-state index in [0.29, 0.717) is 33.9 Å². The van der Waals surface area contributed by atoms with Gasteiger partial charge >= 0.3 is 6.09 Å². The molecule has 0 spiro atoms. The predicted molar refractivity (Wildman–Crippen MR) is 249 cm³/mol. The molecule has 348 valence electrons. The molecule has 6 aromatic rings. The molecule has 0 aliphatic carbocycles. The minimum absolute atomic E-state index is 0.0527. The molecule has 6 N–H and O–H groups in total. The number of hydrogen-bond acceptors (Lipinski definition) is 13. The second kappa shape index (κ2) is 19.0. The van der Waals surface area contributed by atoms with Crippen LogP contribution in [0.4, 0.5) is 16.2 Å². The van der Waals surface area contributed by atoms with Gasteiger partial charge in [-0.05, 0) is 99.5 Å². The van der Waals surface area contributed by atoms with Crippen molar-refractivity contribution < 1.29 is 40.9 Å². The summed E-state index contributed by atoms with van der Waals surface area (Å²) >= 11 is 0. The molecule has 1 saturated heterocycles. The Morgan fingerprint density at radius 1 is 0.788 bits per heavy atom. The van der Waals surface area contributed by atoms with Crippen molar-refractivity contribution in [1.82, 2.24) is 34.1 Å². The number of ether oxygens (including phenoxy) is 3. The summed E-state index contributed by atoms with van der Waals surface area (Å²) in [5, 5.41) is 23.5. The SMILES string of the molecule is COc1ccc(CN(Cc2ccc(OC)cc2)S(=O)(=O)c2c(S(=O)(=O)NC3CCN(C(=O)O)C3C(C)(C)C)ccc(-c3ccc(N)c(N)c3)c2-c2nnn(Cc3ccc(OC)cc3)n2)cc1. The molecule has 1 amide bonds. The Balaban J connectivity index is 1.49.